The summed E-state index contributed by atoms with van der Waals surface area (Å²) in [5.41, 5.74) is 0. The van der Waals surface area contributed by atoms with E-state index in [1.165, 1.54) is 37.1 Å². The van der Waals surface area contributed by atoms with Gasteiger partial charge in [0, 0.05) is 24.0 Å². The number of rotatable bonds is 7. The van der Waals surface area contributed by atoms with Crippen LogP contribution in [0.1, 0.15) is 44.4 Å². The third-order valence-corrected chi connectivity index (χ3v) is 5.55. The fraction of sp³-hybridized carbons (Fsp3) is 0.765. The van der Waals surface area contributed by atoms with Crippen LogP contribution in [-0.2, 0) is 6.54 Å². The molecule has 3 atom stereocenters. The second-order valence-electron chi connectivity index (χ2n) is 6.29. The van der Waals surface area contributed by atoms with Crippen molar-refractivity contribution in [3.63, 3.8) is 0 Å². The van der Waals surface area contributed by atoms with Crippen LogP contribution in [-0.4, -0.2) is 31.1 Å². The lowest BCUT2D eigenvalue weighted by Gasteiger charge is -2.38. The molecule has 1 heterocycles. The van der Waals surface area contributed by atoms with E-state index >= 15 is 0 Å². The summed E-state index contributed by atoms with van der Waals surface area (Å²) in [7, 11) is 2.28. The highest BCUT2D eigenvalue weighted by Gasteiger charge is 2.29. The van der Waals surface area contributed by atoms with Crippen molar-refractivity contribution in [3.8, 4) is 0 Å². The van der Waals surface area contributed by atoms with E-state index < -0.39 is 0 Å². The van der Waals surface area contributed by atoms with Crippen LogP contribution in [0.3, 0.4) is 0 Å². The van der Waals surface area contributed by atoms with Crippen LogP contribution in [0, 0.1) is 11.8 Å². The van der Waals surface area contributed by atoms with Crippen LogP contribution in [0.5, 0.6) is 0 Å². The molecule has 2 rings (SSSR count). The fourth-order valence-corrected chi connectivity index (χ4v) is 4.38. The Hall–Kier alpha value is -0.380. The maximum absolute atomic E-state index is 3.72. The Morgan fingerprint density at radius 1 is 1.35 bits per heavy atom. The van der Waals surface area contributed by atoms with Crippen molar-refractivity contribution in [3.05, 3.63) is 22.4 Å². The number of hydrogen-bond donors (Lipinski definition) is 1. The zero-order valence-electron chi connectivity index (χ0n) is 13.3. The molecule has 2 nitrogen and oxygen atoms in total. The molecular formula is C17H30N2S. The molecule has 3 unspecified atom stereocenters. The second-order valence-corrected chi connectivity index (χ2v) is 7.32. The van der Waals surface area contributed by atoms with Gasteiger partial charge in [-0.25, -0.2) is 0 Å². The SMILES string of the molecule is CCNC1CCC(CC)CC1CN(C)Cc1cccs1. The molecule has 0 aromatic carbocycles. The van der Waals surface area contributed by atoms with Gasteiger partial charge >= 0.3 is 0 Å². The molecule has 1 aliphatic rings. The zero-order chi connectivity index (χ0) is 14.4. The molecule has 20 heavy (non-hydrogen) atoms. The molecule has 0 saturated heterocycles. The number of nitrogens with zero attached hydrogens (tertiary/aromatic N) is 1. The maximum Gasteiger partial charge on any atom is 0.0324 e. The van der Waals surface area contributed by atoms with Gasteiger partial charge in [-0.15, -0.1) is 11.3 Å². The summed E-state index contributed by atoms with van der Waals surface area (Å²) in [4.78, 5) is 3.99. The van der Waals surface area contributed by atoms with Crippen molar-refractivity contribution in [1.29, 1.82) is 0 Å². The van der Waals surface area contributed by atoms with E-state index in [4.69, 9.17) is 0 Å². The van der Waals surface area contributed by atoms with Gasteiger partial charge in [-0.3, -0.25) is 0 Å². The van der Waals surface area contributed by atoms with Crippen molar-refractivity contribution < 1.29 is 0 Å². The molecule has 0 spiro atoms. The average molecular weight is 295 g/mol. The van der Waals surface area contributed by atoms with Crippen LogP contribution >= 0.6 is 11.3 Å². The Kier molecular flexibility index (Phi) is 6.53. The zero-order valence-corrected chi connectivity index (χ0v) is 14.1. The predicted octanol–water partition coefficient (Wildman–Crippen LogP) is 3.98. The minimum absolute atomic E-state index is 0.730. The van der Waals surface area contributed by atoms with E-state index in [0.717, 1.165) is 31.0 Å². The first-order valence-electron chi connectivity index (χ1n) is 8.17. The van der Waals surface area contributed by atoms with Crippen molar-refractivity contribution in [2.75, 3.05) is 20.1 Å². The average Bonchev–Trinajstić information content (AvgIpc) is 2.93. The van der Waals surface area contributed by atoms with Gasteiger partial charge in [0.1, 0.15) is 0 Å². The van der Waals surface area contributed by atoms with Gasteiger partial charge in [0.25, 0.3) is 0 Å². The van der Waals surface area contributed by atoms with E-state index in [-0.39, 0.29) is 0 Å². The second kappa shape index (κ2) is 8.16. The Morgan fingerprint density at radius 3 is 2.85 bits per heavy atom. The number of thiophene rings is 1. The number of nitrogens with one attached hydrogen (secondary N) is 1. The fourth-order valence-electron chi connectivity index (χ4n) is 3.60. The Labute approximate surface area is 128 Å². The topological polar surface area (TPSA) is 15.3 Å². The normalized spacial score (nSPS) is 27.1. The summed E-state index contributed by atoms with van der Waals surface area (Å²) in [5.74, 6) is 1.77. The van der Waals surface area contributed by atoms with E-state index in [1.54, 1.807) is 0 Å². The van der Waals surface area contributed by atoms with E-state index in [2.05, 4.69) is 48.6 Å². The van der Waals surface area contributed by atoms with Gasteiger partial charge in [-0.2, -0.15) is 0 Å². The molecular weight excluding hydrogens is 264 g/mol. The lowest BCUT2D eigenvalue weighted by atomic mass is 9.76. The maximum atomic E-state index is 3.72. The van der Waals surface area contributed by atoms with Gasteiger partial charge in [0.15, 0.2) is 0 Å². The Bertz CT molecular complexity index is 363. The lowest BCUT2D eigenvalue weighted by molar-refractivity contribution is 0.150. The van der Waals surface area contributed by atoms with Crippen molar-refractivity contribution in [2.24, 2.45) is 11.8 Å². The molecule has 0 aliphatic heterocycles. The third kappa shape index (κ3) is 4.57. The van der Waals surface area contributed by atoms with Crippen LogP contribution in [0.15, 0.2) is 17.5 Å². The Balaban J connectivity index is 1.88. The highest BCUT2D eigenvalue weighted by atomic mass is 32.1. The molecule has 1 saturated carbocycles. The van der Waals surface area contributed by atoms with Crippen molar-refractivity contribution in [2.45, 2.75) is 52.1 Å². The third-order valence-electron chi connectivity index (χ3n) is 4.69. The predicted molar refractivity (Wildman–Crippen MR) is 89.2 cm³/mol. The monoisotopic (exact) mass is 294 g/mol. The molecule has 1 fully saturated rings. The van der Waals surface area contributed by atoms with Gasteiger partial charge < -0.3 is 10.2 Å². The largest absolute Gasteiger partial charge is 0.314 e. The molecule has 1 aromatic heterocycles. The number of hydrogen-bond acceptors (Lipinski definition) is 3. The molecule has 3 heteroatoms. The minimum atomic E-state index is 0.730. The molecule has 0 bridgehead atoms. The highest BCUT2D eigenvalue weighted by molar-refractivity contribution is 7.09. The van der Waals surface area contributed by atoms with Crippen molar-refractivity contribution >= 4 is 11.3 Å². The smallest absolute Gasteiger partial charge is 0.0324 e. The molecule has 1 aliphatic carbocycles. The summed E-state index contributed by atoms with van der Waals surface area (Å²) in [5, 5.41) is 5.90. The van der Waals surface area contributed by atoms with Crippen molar-refractivity contribution in [1.82, 2.24) is 10.2 Å². The molecule has 0 amide bonds. The van der Waals surface area contributed by atoms with Crippen LogP contribution in [0.25, 0.3) is 0 Å². The molecule has 1 aromatic rings. The summed E-state index contributed by atoms with van der Waals surface area (Å²) < 4.78 is 0. The Morgan fingerprint density at radius 2 is 2.20 bits per heavy atom. The first-order valence-corrected chi connectivity index (χ1v) is 9.05. The van der Waals surface area contributed by atoms with E-state index in [9.17, 15) is 0 Å². The standard InChI is InChI=1S/C17H30N2S/c1-4-14-8-9-17(18-5-2)15(11-14)12-19(3)13-16-7-6-10-20-16/h6-7,10,14-15,17-18H,4-5,8-9,11-13H2,1-3H3. The quantitative estimate of drug-likeness (QED) is 0.818. The lowest BCUT2D eigenvalue weighted by Crippen LogP contribution is -2.45. The molecule has 1 N–H and O–H groups in total. The highest BCUT2D eigenvalue weighted by Crippen LogP contribution is 2.32. The molecule has 114 valence electrons. The van der Waals surface area contributed by atoms with Gasteiger partial charge in [0.05, 0.1) is 0 Å². The minimum Gasteiger partial charge on any atom is -0.314 e. The van der Waals surface area contributed by atoms with Crippen LogP contribution in [0.4, 0.5) is 0 Å². The summed E-state index contributed by atoms with van der Waals surface area (Å²) in [6, 6.07) is 5.13. The van der Waals surface area contributed by atoms with E-state index in [1.807, 2.05) is 11.3 Å². The summed E-state index contributed by atoms with van der Waals surface area (Å²) in [6.07, 6.45) is 5.54. The van der Waals surface area contributed by atoms with Gasteiger partial charge in [-0.1, -0.05) is 26.3 Å². The first kappa shape index (κ1) is 16.0. The first-order chi connectivity index (χ1) is 9.72. The van der Waals surface area contributed by atoms with E-state index in [0.29, 0.717) is 0 Å². The summed E-state index contributed by atoms with van der Waals surface area (Å²) in [6.45, 7) is 8.02. The van der Waals surface area contributed by atoms with Crippen LogP contribution < -0.4 is 5.32 Å². The van der Waals surface area contributed by atoms with Gasteiger partial charge in [-0.05, 0) is 56.1 Å². The summed E-state index contributed by atoms with van der Waals surface area (Å²) >= 11 is 1.87. The van der Waals surface area contributed by atoms with Crippen LogP contribution in [0.2, 0.25) is 0 Å². The van der Waals surface area contributed by atoms with Gasteiger partial charge in [0.2, 0.25) is 0 Å². The molecule has 0 radical (unpaired) electrons.